The van der Waals surface area contributed by atoms with Crippen LogP contribution in [0.15, 0.2) is 18.2 Å². The number of fused-ring (bicyclic) bond motifs is 1. The summed E-state index contributed by atoms with van der Waals surface area (Å²) in [5, 5.41) is 0. The van der Waals surface area contributed by atoms with Crippen LogP contribution in [0, 0.1) is 9.49 Å². The monoisotopic (exact) mass is 373 g/mol. The second-order valence-electron chi connectivity index (χ2n) is 4.69. The lowest BCUT2D eigenvalue weighted by Gasteiger charge is -2.21. The molecule has 0 aliphatic heterocycles. The minimum absolute atomic E-state index is 0.0615. The number of hydrogen-bond donors (Lipinski definition) is 1. The minimum Gasteiger partial charge on any atom is -0.467 e. The van der Waals surface area contributed by atoms with Crippen LogP contribution >= 0.6 is 22.6 Å². The molecule has 5 nitrogen and oxygen atoms in total. The van der Waals surface area contributed by atoms with Crippen molar-refractivity contribution in [2.45, 2.75) is 19.9 Å². The van der Waals surface area contributed by atoms with Gasteiger partial charge in [-0.25, -0.2) is 9.78 Å². The van der Waals surface area contributed by atoms with Crippen molar-refractivity contribution < 1.29 is 9.53 Å². The molecular weight excluding hydrogens is 357 g/mol. The molecular formula is C13H16IN3O2. The van der Waals surface area contributed by atoms with E-state index in [1.807, 2.05) is 32.0 Å². The first-order chi connectivity index (χ1) is 8.95. The quantitative estimate of drug-likeness (QED) is 0.663. The van der Waals surface area contributed by atoms with Gasteiger partial charge in [-0.1, -0.05) is 13.8 Å². The third-order valence-electron chi connectivity index (χ3n) is 3.03. The largest absolute Gasteiger partial charge is 0.467 e. The number of halogens is 1. The van der Waals surface area contributed by atoms with E-state index in [-0.39, 0.29) is 11.9 Å². The van der Waals surface area contributed by atoms with Gasteiger partial charge in [0.1, 0.15) is 6.04 Å². The fraction of sp³-hybridized carbons (Fsp3) is 0.385. The molecule has 6 heteroatoms. The molecule has 0 aliphatic carbocycles. The Bertz CT molecular complexity index is 622. The smallest absolute Gasteiger partial charge is 0.329 e. The second-order valence-corrected chi connectivity index (χ2v) is 5.93. The normalized spacial score (nSPS) is 12.9. The number of carbonyl (C=O) groups is 1. The number of nitrogen functional groups attached to an aromatic ring is 1. The van der Waals surface area contributed by atoms with Gasteiger partial charge in [-0.15, -0.1) is 0 Å². The van der Waals surface area contributed by atoms with E-state index in [2.05, 4.69) is 27.6 Å². The van der Waals surface area contributed by atoms with Gasteiger partial charge < -0.3 is 10.5 Å². The number of nitrogens with zero attached hydrogens (tertiary/aromatic N) is 2. The van der Waals surface area contributed by atoms with E-state index in [4.69, 9.17) is 10.5 Å². The van der Waals surface area contributed by atoms with E-state index in [9.17, 15) is 4.79 Å². The number of imidazole rings is 1. The van der Waals surface area contributed by atoms with Gasteiger partial charge in [-0.3, -0.25) is 4.57 Å². The van der Waals surface area contributed by atoms with E-state index in [0.29, 0.717) is 5.95 Å². The van der Waals surface area contributed by atoms with Gasteiger partial charge in [0.2, 0.25) is 5.95 Å². The molecule has 1 unspecified atom stereocenters. The highest BCUT2D eigenvalue weighted by atomic mass is 127. The molecule has 2 N–H and O–H groups in total. The maximum atomic E-state index is 12.0. The molecule has 1 heterocycles. The van der Waals surface area contributed by atoms with E-state index in [0.717, 1.165) is 14.6 Å². The number of ether oxygens (including phenoxy) is 1. The Morgan fingerprint density at radius 1 is 1.47 bits per heavy atom. The van der Waals surface area contributed by atoms with E-state index >= 15 is 0 Å². The van der Waals surface area contributed by atoms with Gasteiger partial charge in [-0.05, 0) is 46.7 Å². The summed E-state index contributed by atoms with van der Waals surface area (Å²) in [4.78, 5) is 16.3. The van der Waals surface area contributed by atoms with Crippen molar-refractivity contribution in [2.24, 2.45) is 5.92 Å². The number of nitrogens with two attached hydrogens (primary N) is 1. The molecule has 0 radical (unpaired) electrons. The Hall–Kier alpha value is -1.31. The Balaban J connectivity index is 2.65. The second kappa shape index (κ2) is 5.36. The van der Waals surface area contributed by atoms with Crippen LogP contribution in [0.25, 0.3) is 11.0 Å². The molecule has 0 saturated heterocycles. The summed E-state index contributed by atoms with van der Waals surface area (Å²) < 4.78 is 7.71. The van der Waals surface area contributed by atoms with Crippen LogP contribution in [-0.4, -0.2) is 22.6 Å². The average molecular weight is 373 g/mol. The highest BCUT2D eigenvalue weighted by molar-refractivity contribution is 14.1. The summed E-state index contributed by atoms with van der Waals surface area (Å²) in [6.07, 6.45) is 0. The zero-order chi connectivity index (χ0) is 14.2. The van der Waals surface area contributed by atoms with Gasteiger partial charge in [0.15, 0.2) is 0 Å². The molecule has 1 aromatic carbocycles. The van der Waals surface area contributed by atoms with Crippen molar-refractivity contribution in [2.75, 3.05) is 12.8 Å². The summed E-state index contributed by atoms with van der Waals surface area (Å²) in [6, 6.07) is 5.38. The lowest BCUT2D eigenvalue weighted by molar-refractivity contribution is -0.145. The first kappa shape index (κ1) is 14.1. The SMILES string of the molecule is COC(=O)C(C(C)C)n1c(N)nc2cc(I)ccc21. The van der Waals surface area contributed by atoms with Crippen molar-refractivity contribution in [1.82, 2.24) is 9.55 Å². The lowest BCUT2D eigenvalue weighted by atomic mass is 10.0. The highest BCUT2D eigenvalue weighted by Gasteiger charge is 2.28. The van der Waals surface area contributed by atoms with Crippen molar-refractivity contribution in [1.29, 1.82) is 0 Å². The fourth-order valence-corrected chi connectivity index (χ4v) is 2.65. The van der Waals surface area contributed by atoms with Crippen molar-refractivity contribution in [3.05, 3.63) is 21.8 Å². The van der Waals surface area contributed by atoms with Crippen molar-refractivity contribution >= 4 is 45.5 Å². The van der Waals surface area contributed by atoms with E-state index in [1.165, 1.54) is 7.11 Å². The predicted octanol–water partition coefficient (Wildman–Crippen LogP) is 2.59. The topological polar surface area (TPSA) is 70.1 Å². The maximum absolute atomic E-state index is 12.0. The number of anilines is 1. The third-order valence-corrected chi connectivity index (χ3v) is 3.70. The Kier molecular flexibility index (Phi) is 3.98. The summed E-state index contributed by atoms with van der Waals surface area (Å²) in [6.45, 7) is 3.92. The molecule has 19 heavy (non-hydrogen) atoms. The predicted molar refractivity (Wildman–Crippen MR) is 82.8 cm³/mol. The Labute approximate surface area is 125 Å². The first-order valence-corrected chi connectivity index (χ1v) is 7.04. The van der Waals surface area contributed by atoms with E-state index < -0.39 is 6.04 Å². The molecule has 0 saturated carbocycles. The Morgan fingerprint density at radius 3 is 2.74 bits per heavy atom. The minimum atomic E-state index is -0.463. The van der Waals surface area contributed by atoms with Crippen LogP contribution in [0.3, 0.4) is 0 Å². The van der Waals surface area contributed by atoms with Crippen LogP contribution < -0.4 is 5.73 Å². The maximum Gasteiger partial charge on any atom is 0.329 e. The van der Waals surface area contributed by atoms with Gasteiger partial charge in [0.05, 0.1) is 18.1 Å². The van der Waals surface area contributed by atoms with Crippen LogP contribution in [-0.2, 0) is 9.53 Å². The summed E-state index contributed by atoms with van der Waals surface area (Å²) >= 11 is 2.22. The number of esters is 1. The summed E-state index contributed by atoms with van der Waals surface area (Å²) in [5.41, 5.74) is 7.62. The molecule has 0 spiro atoms. The van der Waals surface area contributed by atoms with Crippen molar-refractivity contribution in [3.63, 3.8) is 0 Å². The summed E-state index contributed by atoms with van der Waals surface area (Å²) in [5.74, 6) is 0.0899. The number of hydrogen-bond acceptors (Lipinski definition) is 4. The van der Waals surface area contributed by atoms with Gasteiger partial charge >= 0.3 is 5.97 Å². The lowest BCUT2D eigenvalue weighted by Crippen LogP contribution is -2.26. The molecule has 0 fully saturated rings. The molecule has 2 rings (SSSR count). The van der Waals surface area contributed by atoms with Gasteiger partial charge in [0, 0.05) is 3.57 Å². The molecule has 0 amide bonds. The highest BCUT2D eigenvalue weighted by Crippen LogP contribution is 2.29. The third kappa shape index (κ3) is 2.54. The standard InChI is InChI=1S/C13H16IN3O2/c1-7(2)11(12(18)19-3)17-10-5-4-8(14)6-9(10)16-13(17)15/h4-7,11H,1-3H3,(H2,15,16). The number of carbonyl (C=O) groups excluding carboxylic acids is 1. The molecule has 0 aliphatic rings. The molecule has 1 aromatic heterocycles. The number of methoxy groups -OCH3 is 1. The molecule has 102 valence electrons. The van der Waals surface area contributed by atoms with Crippen LogP contribution in [0.1, 0.15) is 19.9 Å². The number of aromatic nitrogens is 2. The zero-order valence-electron chi connectivity index (χ0n) is 11.1. The Morgan fingerprint density at radius 2 is 2.16 bits per heavy atom. The van der Waals surface area contributed by atoms with E-state index in [1.54, 1.807) is 4.57 Å². The fourth-order valence-electron chi connectivity index (χ4n) is 2.18. The van der Waals surface area contributed by atoms with Crippen LogP contribution in [0.2, 0.25) is 0 Å². The molecule has 0 bridgehead atoms. The van der Waals surface area contributed by atoms with Crippen molar-refractivity contribution in [3.8, 4) is 0 Å². The van der Waals surface area contributed by atoms with Crippen LogP contribution in [0.4, 0.5) is 5.95 Å². The molecule has 1 atom stereocenters. The zero-order valence-corrected chi connectivity index (χ0v) is 13.2. The first-order valence-electron chi connectivity index (χ1n) is 5.96. The average Bonchev–Trinajstić information content (AvgIpc) is 2.65. The number of benzene rings is 1. The molecule has 2 aromatic rings. The van der Waals surface area contributed by atoms with Crippen LogP contribution in [0.5, 0.6) is 0 Å². The van der Waals surface area contributed by atoms with Gasteiger partial charge in [0.25, 0.3) is 0 Å². The number of rotatable bonds is 3. The van der Waals surface area contributed by atoms with Gasteiger partial charge in [-0.2, -0.15) is 0 Å². The summed E-state index contributed by atoms with van der Waals surface area (Å²) in [7, 11) is 1.38.